The van der Waals surface area contributed by atoms with E-state index in [1.165, 1.54) is 0 Å². The zero-order valence-electron chi connectivity index (χ0n) is 10.00. The summed E-state index contributed by atoms with van der Waals surface area (Å²) in [6.45, 7) is 6.23. The molecule has 90 valence electrons. The molecule has 0 spiro atoms. The van der Waals surface area contributed by atoms with Gasteiger partial charge in [0.1, 0.15) is 0 Å². The SMILES string of the molecule is CC(C)(CO)CNCC1CCC(O)CC1. The highest BCUT2D eigenvalue weighted by atomic mass is 16.3. The molecule has 1 saturated carbocycles. The van der Waals surface area contributed by atoms with Gasteiger partial charge in [-0.25, -0.2) is 0 Å². The summed E-state index contributed by atoms with van der Waals surface area (Å²) in [5.41, 5.74) is -0.0197. The molecule has 1 fully saturated rings. The highest BCUT2D eigenvalue weighted by Crippen LogP contribution is 2.23. The summed E-state index contributed by atoms with van der Waals surface area (Å²) < 4.78 is 0. The number of aliphatic hydroxyl groups excluding tert-OH is 2. The molecule has 0 radical (unpaired) electrons. The third-order valence-corrected chi connectivity index (χ3v) is 3.28. The maximum atomic E-state index is 9.37. The summed E-state index contributed by atoms with van der Waals surface area (Å²) in [5, 5.41) is 21.9. The summed E-state index contributed by atoms with van der Waals surface area (Å²) in [7, 11) is 0. The van der Waals surface area contributed by atoms with Crippen molar-refractivity contribution in [2.45, 2.75) is 45.6 Å². The molecule has 1 aliphatic rings. The molecule has 0 aromatic carbocycles. The number of hydrogen-bond acceptors (Lipinski definition) is 3. The van der Waals surface area contributed by atoms with E-state index in [0.29, 0.717) is 5.92 Å². The van der Waals surface area contributed by atoms with Crippen molar-refractivity contribution in [1.29, 1.82) is 0 Å². The molecular formula is C12H25NO2. The first-order valence-corrected chi connectivity index (χ1v) is 6.03. The number of hydrogen-bond donors (Lipinski definition) is 3. The summed E-state index contributed by atoms with van der Waals surface area (Å²) in [5.74, 6) is 0.711. The maximum Gasteiger partial charge on any atom is 0.0540 e. The van der Waals surface area contributed by atoms with Crippen LogP contribution in [0.25, 0.3) is 0 Å². The monoisotopic (exact) mass is 215 g/mol. The molecule has 3 heteroatoms. The molecule has 3 N–H and O–H groups in total. The van der Waals surface area contributed by atoms with Crippen LogP contribution in [0, 0.1) is 11.3 Å². The molecule has 0 aromatic heterocycles. The second-order valence-corrected chi connectivity index (χ2v) is 5.63. The van der Waals surface area contributed by atoms with Crippen molar-refractivity contribution in [3.63, 3.8) is 0 Å². The fraction of sp³-hybridized carbons (Fsp3) is 1.00. The van der Waals surface area contributed by atoms with Crippen LogP contribution in [-0.4, -0.2) is 36.0 Å². The normalized spacial score (nSPS) is 28.0. The molecule has 0 unspecified atom stereocenters. The van der Waals surface area contributed by atoms with E-state index < -0.39 is 0 Å². The first-order chi connectivity index (χ1) is 7.03. The van der Waals surface area contributed by atoms with Crippen LogP contribution in [0.1, 0.15) is 39.5 Å². The predicted octanol–water partition coefficient (Wildman–Crippen LogP) is 1.15. The lowest BCUT2D eigenvalue weighted by molar-refractivity contribution is 0.105. The first kappa shape index (κ1) is 12.9. The van der Waals surface area contributed by atoms with Crippen LogP contribution >= 0.6 is 0 Å². The Morgan fingerprint density at radius 2 is 1.80 bits per heavy atom. The third-order valence-electron chi connectivity index (χ3n) is 3.28. The maximum absolute atomic E-state index is 9.37. The largest absolute Gasteiger partial charge is 0.396 e. The van der Waals surface area contributed by atoms with Crippen LogP contribution in [0.15, 0.2) is 0 Å². The predicted molar refractivity (Wildman–Crippen MR) is 61.7 cm³/mol. The molecule has 0 amide bonds. The molecule has 0 aliphatic heterocycles. The lowest BCUT2D eigenvalue weighted by Crippen LogP contribution is -2.36. The van der Waals surface area contributed by atoms with Crippen LogP contribution in [-0.2, 0) is 0 Å². The molecule has 0 saturated heterocycles. The number of nitrogens with one attached hydrogen (secondary N) is 1. The second kappa shape index (κ2) is 5.83. The van der Waals surface area contributed by atoms with E-state index in [0.717, 1.165) is 38.8 Å². The Morgan fingerprint density at radius 3 is 2.33 bits per heavy atom. The smallest absolute Gasteiger partial charge is 0.0540 e. The van der Waals surface area contributed by atoms with Gasteiger partial charge in [-0.2, -0.15) is 0 Å². The van der Waals surface area contributed by atoms with Gasteiger partial charge in [-0.05, 0) is 38.1 Å². The molecule has 1 aliphatic carbocycles. The molecule has 3 nitrogen and oxygen atoms in total. The van der Waals surface area contributed by atoms with Gasteiger partial charge in [0.25, 0.3) is 0 Å². The topological polar surface area (TPSA) is 52.5 Å². The Balaban J connectivity index is 2.10. The lowest BCUT2D eigenvalue weighted by Gasteiger charge is -2.28. The zero-order valence-corrected chi connectivity index (χ0v) is 10.00. The Labute approximate surface area is 92.9 Å². The van der Waals surface area contributed by atoms with Crippen LogP contribution in [0.4, 0.5) is 0 Å². The first-order valence-electron chi connectivity index (χ1n) is 6.03. The fourth-order valence-electron chi connectivity index (χ4n) is 2.02. The molecule has 0 heterocycles. The minimum absolute atomic E-state index is 0.0197. The van der Waals surface area contributed by atoms with Gasteiger partial charge in [0.2, 0.25) is 0 Å². The van der Waals surface area contributed by atoms with Gasteiger partial charge < -0.3 is 15.5 Å². The van der Waals surface area contributed by atoms with Gasteiger partial charge in [0, 0.05) is 18.6 Å². The Bertz CT molecular complexity index is 174. The fourth-order valence-corrected chi connectivity index (χ4v) is 2.02. The van der Waals surface area contributed by atoms with Crippen LogP contribution in [0.3, 0.4) is 0 Å². The van der Waals surface area contributed by atoms with Crippen molar-refractivity contribution < 1.29 is 10.2 Å². The summed E-state index contributed by atoms with van der Waals surface area (Å²) in [4.78, 5) is 0. The van der Waals surface area contributed by atoms with Gasteiger partial charge in [-0.3, -0.25) is 0 Å². The van der Waals surface area contributed by atoms with Crippen molar-refractivity contribution in [1.82, 2.24) is 5.32 Å². The average molecular weight is 215 g/mol. The van der Waals surface area contributed by atoms with Crippen molar-refractivity contribution in [3.8, 4) is 0 Å². The van der Waals surface area contributed by atoms with Gasteiger partial charge in [-0.15, -0.1) is 0 Å². The summed E-state index contributed by atoms with van der Waals surface area (Å²) >= 11 is 0. The molecule has 15 heavy (non-hydrogen) atoms. The number of aliphatic hydroxyl groups is 2. The Morgan fingerprint density at radius 1 is 1.20 bits per heavy atom. The minimum atomic E-state index is -0.0601. The van der Waals surface area contributed by atoms with E-state index in [1.54, 1.807) is 0 Å². The van der Waals surface area contributed by atoms with Crippen LogP contribution < -0.4 is 5.32 Å². The molecule has 0 atom stereocenters. The van der Waals surface area contributed by atoms with Gasteiger partial charge in [0.15, 0.2) is 0 Å². The van der Waals surface area contributed by atoms with Crippen LogP contribution in [0.5, 0.6) is 0 Å². The molecule has 1 rings (SSSR count). The van der Waals surface area contributed by atoms with Crippen molar-refractivity contribution in [2.24, 2.45) is 11.3 Å². The molecule has 0 bridgehead atoms. The quantitative estimate of drug-likeness (QED) is 0.645. The van der Waals surface area contributed by atoms with E-state index >= 15 is 0 Å². The Kier molecular flexibility index (Phi) is 5.03. The van der Waals surface area contributed by atoms with E-state index in [9.17, 15) is 5.11 Å². The van der Waals surface area contributed by atoms with Crippen LogP contribution in [0.2, 0.25) is 0 Å². The van der Waals surface area contributed by atoms with E-state index in [2.05, 4.69) is 19.2 Å². The third kappa shape index (κ3) is 4.96. The highest BCUT2D eigenvalue weighted by molar-refractivity contribution is 4.75. The zero-order chi connectivity index (χ0) is 11.3. The Hall–Kier alpha value is -0.120. The molecule has 0 aromatic rings. The van der Waals surface area contributed by atoms with Gasteiger partial charge in [0.05, 0.1) is 6.10 Å². The van der Waals surface area contributed by atoms with Crippen molar-refractivity contribution >= 4 is 0 Å². The van der Waals surface area contributed by atoms with E-state index in [4.69, 9.17) is 5.11 Å². The average Bonchev–Trinajstić information content (AvgIpc) is 2.21. The summed E-state index contributed by atoms with van der Waals surface area (Å²) in [6.07, 6.45) is 4.11. The number of rotatable bonds is 5. The highest BCUT2D eigenvalue weighted by Gasteiger charge is 2.20. The van der Waals surface area contributed by atoms with E-state index in [1.807, 2.05) is 0 Å². The van der Waals surface area contributed by atoms with Crippen molar-refractivity contribution in [3.05, 3.63) is 0 Å². The van der Waals surface area contributed by atoms with Gasteiger partial charge in [-0.1, -0.05) is 13.8 Å². The summed E-state index contributed by atoms with van der Waals surface area (Å²) in [6, 6.07) is 0. The standard InChI is InChI=1S/C12H25NO2/c1-12(2,9-14)8-13-7-10-3-5-11(15)6-4-10/h10-11,13-15H,3-9H2,1-2H3. The minimum Gasteiger partial charge on any atom is -0.396 e. The van der Waals surface area contributed by atoms with Gasteiger partial charge >= 0.3 is 0 Å². The van der Waals surface area contributed by atoms with E-state index in [-0.39, 0.29) is 18.1 Å². The lowest BCUT2D eigenvalue weighted by atomic mass is 9.87. The van der Waals surface area contributed by atoms with Crippen molar-refractivity contribution in [2.75, 3.05) is 19.7 Å². The molecular weight excluding hydrogens is 190 g/mol. The second-order valence-electron chi connectivity index (χ2n) is 5.63.